The molecule has 0 amide bonds. The molecule has 0 saturated heterocycles. The third-order valence-corrected chi connectivity index (χ3v) is 2.96. The molecule has 0 spiro atoms. The fraction of sp³-hybridized carbons (Fsp3) is 0.143. The van der Waals surface area contributed by atoms with E-state index >= 15 is 0 Å². The zero-order valence-corrected chi connectivity index (χ0v) is 10.2. The van der Waals surface area contributed by atoms with E-state index in [2.05, 4.69) is 4.98 Å². The standard InChI is InChI=1S/C14H12ClNO/c1-10(12-3-2-8-16-9-12)14(17)11-4-6-13(15)7-5-11/h2-10H,1H3. The lowest BCUT2D eigenvalue weighted by Gasteiger charge is -2.10. The maximum Gasteiger partial charge on any atom is 0.170 e. The van der Waals surface area contributed by atoms with Gasteiger partial charge >= 0.3 is 0 Å². The fourth-order valence-electron chi connectivity index (χ4n) is 1.65. The SMILES string of the molecule is CC(C(=O)c1ccc(Cl)cc1)c1cccnc1. The number of carbonyl (C=O) groups is 1. The van der Waals surface area contributed by atoms with Crippen molar-refractivity contribution < 1.29 is 4.79 Å². The summed E-state index contributed by atoms with van der Waals surface area (Å²) in [6, 6.07) is 10.7. The van der Waals surface area contributed by atoms with Crippen LogP contribution in [-0.4, -0.2) is 10.8 Å². The average molecular weight is 246 g/mol. The molecular formula is C14H12ClNO. The Morgan fingerprint density at radius 2 is 1.94 bits per heavy atom. The normalized spacial score (nSPS) is 12.1. The summed E-state index contributed by atoms with van der Waals surface area (Å²) in [5, 5.41) is 0.635. The summed E-state index contributed by atoms with van der Waals surface area (Å²) in [6.07, 6.45) is 3.42. The van der Waals surface area contributed by atoms with Gasteiger partial charge in [-0.2, -0.15) is 0 Å². The summed E-state index contributed by atoms with van der Waals surface area (Å²) >= 11 is 5.79. The van der Waals surface area contributed by atoms with Crippen LogP contribution in [0.25, 0.3) is 0 Å². The van der Waals surface area contributed by atoms with Crippen LogP contribution in [0, 0.1) is 0 Å². The van der Waals surface area contributed by atoms with Gasteiger partial charge in [0.05, 0.1) is 0 Å². The second-order valence-electron chi connectivity index (χ2n) is 3.88. The summed E-state index contributed by atoms with van der Waals surface area (Å²) in [4.78, 5) is 16.2. The van der Waals surface area contributed by atoms with Crippen molar-refractivity contribution in [3.8, 4) is 0 Å². The van der Waals surface area contributed by atoms with Gasteiger partial charge in [-0.15, -0.1) is 0 Å². The lowest BCUT2D eigenvalue weighted by atomic mass is 9.93. The number of aromatic nitrogens is 1. The highest BCUT2D eigenvalue weighted by Gasteiger charge is 2.16. The summed E-state index contributed by atoms with van der Waals surface area (Å²) < 4.78 is 0. The molecule has 0 aliphatic carbocycles. The monoisotopic (exact) mass is 245 g/mol. The molecule has 1 heterocycles. The number of nitrogens with zero attached hydrogens (tertiary/aromatic N) is 1. The second-order valence-corrected chi connectivity index (χ2v) is 4.32. The Morgan fingerprint density at radius 3 is 2.53 bits per heavy atom. The molecular weight excluding hydrogens is 234 g/mol. The van der Waals surface area contributed by atoms with Crippen LogP contribution in [0.1, 0.15) is 28.8 Å². The van der Waals surface area contributed by atoms with Crippen LogP contribution in [0.15, 0.2) is 48.8 Å². The van der Waals surface area contributed by atoms with Crippen LogP contribution >= 0.6 is 11.6 Å². The van der Waals surface area contributed by atoms with Crippen molar-refractivity contribution in [1.82, 2.24) is 4.98 Å². The summed E-state index contributed by atoms with van der Waals surface area (Å²) in [7, 11) is 0. The number of Topliss-reactive ketones (excluding diaryl/α,β-unsaturated/α-hetero) is 1. The van der Waals surface area contributed by atoms with Crippen LogP contribution in [0.2, 0.25) is 5.02 Å². The van der Waals surface area contributed by atoms with Gasteiger partial charge in [0.15, 0.2) is 5.78 Å². The molecule has 1 unspecified atom stereocenters. The maximum absolute atomic E-state index is 12.2. The Morgan fingerprint density at radius 1 is 1.24 bits per heavy atom. The number of ketones is 1. The van der Waals surface area contributed by atoms with E-state index in [0.717, 1.165) is 5.56 Å². The molecule has 0 aliphatic heterocycles. The molecule has 0 fully saturated rings. The molecule has 1 aromatic heterocycles. The molecule has 1 atom stereocenters. The molecule has 3 heteroatoms. The molecule has 2 rings (SSSR count). The van der Waals surface area contributed by atoms with Crippen molar-refractivity contribution in [3.05, 3.63) is 64.9 Å². The predicted octanol–water partition coefficient (Wildman–Crippen LogP) is 3.72. The van der Waals surface area contributed by atoms with E-state index in [4.69, 9.17) is 11.6 Å². The molecule has 86 valence electrons. The van der Waals surface area contributed by atoms with Crippen LogP contribution in [-0.2, 0) is 0 Å². The Labute approximate surface area is 105 Å². The molecule has 2 aromatic rings. The van der Waals surface area contributed by atoms with Crippen molar-refractivity contribution in [3.63, 3.8) is 0 Å². The Kier molecular flexibility index (Phi) is 3.55. The van der Waals surface area contributed by atoms with Crippen molar-refractivity contribution in [2.45, 2.75) is 12.8 Å². The van der Waals surface area contributed by atoms with Crippen molar-refractivity contribution in [2.24, 2.45) is 0 Å². The zero-order chi connectivity index (χ0) is 12.3. The largest absolute Gasteiger partial charge is 0.294 e. The topological polar surface area (TPSA) is 30.0 Å². The zero-order valence-electron chi connectivity index (χ0n) is 9.43. The Balaban J connectivity index is 2.23. The number of rotatable bonds is 3. The van der Waals surface area contributed by atoms with Gasteiger partial charge in [0, 0.05) is 28.9 Å². The minimum atomic E-state index is -0.190. The predicted molar refractivity (Wildman–Crippen MR) is 68.4 cm³/mol. The fourth-order valence-corrected chi connectivity index (χ4v) is 1.77. The van der Waals surface area contributed by atoms with Crippen LogP contribution in [0.3, 0.4) is 0 Å². The first-order valence-corrected chi connectivity index (χ1v) is 5.76. The summed E-state index contributed by atoms with van der Waals surface area (Å²) in [5.74, 6) is -0.112. The van der Waals surface area contributed by atoms with Crippen molar-refractivity contribution in [2.75, 3.05) is 0 Å². The molecule has 2 nitrogen and oxygen atoms in total. The smallest absolute Gasteiger partial charge is 0.170 e. The van der Waals surface area contributed by atoms with Gasteiger partial charge in [-0.25, -0.2) is 0 Å². The first kappa shape index (κ1) is 11.8. The molecule has 0 aliphatic rings. The minimum Gasteiger partial charge on any atom is -0.294 e. The number of hydrogen-bond donors (Lipinski definition) is 0. The number of benzene rings is 1. The number of carbonyl (C=O) groups excluding carboxylic acids is 1. The number of hydrogen-bond acceptors (Lipinski definition) is 2. The highest BCUT2D eigenvalue weighted by atomic mass is 35.5. The lowest BCUT2D eigenvalue weighted by molar-refractivity contribution is 0.0966. The van der Waals surface area contributed by atoms with Gasteiger partial charge in [0.2, 0.25) is 0 Å². The molecule has 0 bridgehead atoms. The Bertz CT molecular complexity index is 508. The number of halogens is 1. The number of pyridine rings is 1. The highest BCUT2D eigenvalue weighted by molar-refractivity contribution is 6.30. The van der Waals surface area contributed by atoms with E-state index in [1.165, 1.54) is 0 Å². The van der Waals surface area contributed by atoms with Crippen molar-refractivity contribution >= 4 is 17.4 Å². The van der Waals surface area contributed by atoms with E-state index in [0.29, 0.717) is 10.6 Å². The summed E-state index contributed by atoms with van der Waals surface area (Å²) in [5.41, 5.74) is 1.60. The van der Waals surface area contributed by atoms with E-state index < -0.39 is 0 Å². The van der Waals surface area contributed by atoms with E-state index in [1.807, 2.05) is 19.1 Å². The molecule has 17 heavy (non-hydrogen) atoms. The molecule has 0 saturated carbocycles. The molecule has 1 aromatic carbocycles. The molecule has 0 N–H and O–H groups in total. The first-order valence-electron chi connectivity index (χ1n) is 5.38. The van der Waals surface area contributed by atoms with E-state index in [9.17, 15) is 4.79 Å². The minimum absolute atomic E-state index is 0.0784. The van der Waals surface area contributed by atoms with Gasteiger partial charge in [-0.1, -0.05) is 24.6 Å². The quantitative estimate of drug-likeness (QED) is 0.772. The Hall–Kier alpha value is -1.67. The lowest BCUT2D eigenvalue weighted by Crippen LogP contribution is -2.09. The van der Waals surface area contributed by atoms with Crippen LogP contribution in [0.5, 0.6) is 0 Å². The van der Waals surface area contributed by atoms with Gasteiger partial charge < -0.3 is 0 Å². The third-order valence-electron chi connectivity index (χ3n) is 2.71. The molecule has 0 radical (unpaired) electrons. The highest BCUT2D eigenvalue weighted by Crippen LogP contribution is 2.20. The third kappa shape index (κ3) is 2.71. The first-order chi connectivity index (χ1) is 8.18. The van der Waals surface area contributed by atoms with Crippen molar-refractivity contribution in [1.29, 1.82) is 0 Å². The van der Waals surface area contributed by atoms with Crippen LogP contribution < -0.4 is 0 Å². The van der Waals surface area contributed by atoms with Gasteiger partial charge in [0.1, 0.15) is 0 Å². The van der Waals surface area contributed by atoms with Crippen LogP contribution in [0.4, 0.5) is 0 Å². The van der Waals surface area contributed by atoms with Gasteiger partial charge in [-0.3, -0.25) is 9.78 Å². The maximum atomic E-state index is 12.2. The van der Waals surface area contributed by atoms with E-state index in [-0.39, 0.29) is 11.7 Å². The van der Waals surface area contributed by atoms with Gasteiger partial charge in [-0.05, 0) is 35.9 Å². The average Bonchev–Trinajstić information content (AvgIpc) is 2.39. The van der Waals surface area contributed by atoms with E-state index in [1.54, 1.807) is 36.7 Å². The summed E-state index contributed by atoms with van der Waals surface area (Å²) in [6.45, 7) is 1.88. The van der Waals surface area contributed by atoms with Gasteiger partial charge in [0.25, 0.3) is 0 Å². The second kappa shape index (κ2) is 5.11.